The number of carbonyl (C=O) groups excluding carboxylic acids is 2. The number of aromatic nitrogens is 2. The molecular weight excluding hydrogens is 590 g/mol. The van der Waals surface area contributed by atoms with Crippen molar-refractivity contribution in [3.8, 4) is 11.5 Å². The number of benzene rings is 2. The first-order valence-electron chi connectivity index (χ1n) is 11.5. The van der Waals surface area contributed by atoms with Crippen LogP contribution in [-0.2, 0) is 15.9 Å². The molecule has 2 aromatic heterocycles. The smallest absolute Gasteiger partial charge is 0.337 e. The van der Waals surface area contributed by atoms with E-state index in [4.69, 9.17) is 19.9 Å². The maximum atomic E-state index is 11.4. The van der Waals surface area contributed by atoms with Crippen molar-refractivity contribution in [2.24, 2.45) is 0 Å². The minimum Gasteiger partial charge on any atom is -0.495 e. The van der Waals surface area contributed by atoms with Crippen molar-refractivity contribution in [2.75, 3.05) is 34.2 Å². The van der Waals surface area contributed by atoms with Gasteiger partial charge in [0.2, 0.25) is 0 Å². The second-order valence-corrected chi connectivity index (χ2v) is 8.51. The Labute approximate surface area is 250 Å². The van der Waals surface area contributed by atoms with Crippen molar-refractivity contribution < 1.29 is 28.5 Å². The van der Waals surface area contributed by atoms with Crippen LogP contribution in [0.25, 0.3) is 0 Å². The first-order valence-corrected chi connectivity index (χ1v) is 12.3. The number of halogens is 1. The summed E-state index contributed by atoms with van der Waals surface area (Å²) in [4.78, 5) is 30.6. The van der Waals surface area contributed by atoms with Crippen LogP contribution in [0, 0.1) is 0 Å². The van der Waals surface area contributed by atoms with Gasteiger partial charge in [-0.3, -0.25) is 4.98 Å². The summed E-state index contributed by atoms with van der Waals surface area (Å²) >= 11 is 3.21. The molecule has 0 radical (unpaired) electrons. The molecule has 220 valence electrons. The second-order valence-electron chi connectivity index (χ2n) is 7.70. The number of pyridine rings is 2. The van der Waals surface area contributed by atoms with E-state index in [1.807, 2.05) is 42.5 Å². The fourth-order valence-corrected chi connectivity index (χ4v) is 3.27. The first-order chi connectivity index (χ1) is 18.8. The molecule has 2 N–H and O–H groups in total. The third-order valence-corrected chi connectivity index (χ3v) is 5.48. The summed E-state index contributed by atoms with van der Waals surface area (Å²) in [7, 11) is 5.94. The normalized spacial score (nSPS) is 9.10. The van der Waals surface area contributed by atoms with Crippen LogP contribution in [0.1, 0.15) is 46.8 Å². The zero-order valence-electron chi connectivity index (χ0n) is 22.1. The van der Waals surface area contributed by atoms with Crippen molar-refractivity contribution >= 4 is 33.6 Å². The highest BCUT2D eigenvalue weighted by molar-refractivity contribution is 9.10. The van der Waals surface area contributed by atoms with Gasteiger partial charge in [-0.15, -0.1) is 0 Å². The molecule has 0 saturated carbocycles. The van der Waals surface area contributed by atoms with Crippen molar-refractivity contribution in [2.45, 2.75) is 21.3 Å². The summed E-state index contributed by atoms with van der Waals surface area (Å²) in [6.07, 6.45) is 4.00. The Morgan fingerprint density at radius 1 is 0.732 bits per heavy atom. The zero-order valence-corrected chi connectivity index (χ0v) is 23.7. The maximum absolute atomic E-state index is 11.4. The van der Waals surface area contributed by atoms with Crippen LogP contribution in [0.2, 0.25) is 0 Å². The Kier molecular flexibility index (Phi) is 17.5. The highest BCUT2D eigenvalue weighted by atomic mass is 79.9. The van der Waals surface area contributed by atoms with Gasteiger partial charge in [-0.2, -0.15) is 0 Å². The third-order valence-electron chi connectivity index (χ3n) is 5.01. The van der Waals surface area contributed by atoms with E-state index in [0.29, 0.717) is 23.2 Å². The third kappa shape index (κ3) is 13.0. The van der Waals surface area contributed by atoms with Crippen LogP contribution in [0.5, 0.6) is 11.5 Å². The average Bonchev–Trinajstić information content (AvgIpc) is 2.98. The van der Waals surface area contributed by atoms with E-state index in [0.717, 1.165) is 27.4 Å². The summed E-state index contributed by atoms with van der Waals surface area (Å²) < 4.78 is 20.0. The van der Waals surface area contributed by atoms with Gasteiger partial charge in [0.1, 0.15) is 16.1 Å². The molecule has 41 heavy (non-hydrogen) atoms. The molecule has 0 unspecified atom stereocenters. The van der Waals surface area contributed by atoms with Gasteiger partial charge in [0.15, 0.2) is 0 Å². The van der Waals surface area contributed by atoms with Crippen LogP contribution >= 0.6 is 15.9 Å². The highest BCUT2D eigenvalue weighted by Gasteiger charge is 2.06. The minimum atomic E-state index is -0.364. The van der Waals surface area contributed by atoms with E-state index in [1.54, 1.807) is 56.9 Å². The number of rotatable bonds is 6. The first kappa shape index (κ1) is 36.6. The molecule has 0 aliphatic heterocycles. The van der Waals surface area contributed by atoms with Gasteiger partial charge >= 0.3 is 11.9 Å². The van der Waals surface area contributed by atoms with Gasteiger partial charge in [0.25, 0.3) is 0 Å². The Balaban J connectivity index is 0.000000623. The predicted octanol–water partition coefficient (Wildman–Crippen LogP) is 6.65. The highest BCUT2D eigenvalue weighted by Crippen LogP contribution is 2.14. The van der Waals surface area contributed by atoms with Gasteiger partial charge in [0, 0.05) is 17.8 Å². The number of hydrogen-bond donors (Lipinski definition) is 1. The van der Waals surface area contributed by atoms with Crippen LogP contribution in [0.4, 0.5) is 5.69 Å². The molecule has 0 atom stereocenters. The largest absolute Gasteiger partial charge is 0.495 e. The predicted molar refractivity (Wildman–Crippen MR) is 166 cm³/mol. The lowest BCUT2D eigenvalue weighted by atomic mass is 10.1. The number of nitrogens with zero attached hydrogens (tertiary/aromatic N) is 2. The van der Waals surface area contributed by atoms with Crippen LogP contribution < -0.4 is 15.2 Å². The number of nitrogens with two attached hydrogens (primary N) is 1. The molecule has 0 bridgehead atoms. The van der Waals surface area contributed by atoms with Crippen LogP contribution in [0.3, 0.4) is 0 Å². The van der Waals surface area contributed by atoms with Gasteiger partial charge in [-0.25, -0.2) is 14.6 Å². The molecule has 2 aromatic carbocycles. The Hall–Kier alpha value is -4.44. The molecule has 0 saturated heterocycles. The maximum Gasteiger partial charge on any atom is 0.337 e. The number of nitrogen functional groups attached to an aromatic ring is 1. The molecular formula is C31H38BrN3O6. The van der Waals surface area contributed by atoms with Crippen molar-refractivity contribution in [3.05, 3.63) is 112 Å². The number of anilines is 1. The van der Waals surface area contributed by atoms with E-state index in [1.165, 1.54) is 14.2 Å². The molecule has 0 aliphatic rings. The molecule has 0 aliphatic carbocycles. The zero-order chi connectivity index (χ0) is 28.6. The lowest BCUT2D eigenvalue weighted by molar-refractivity contribution is 0.0592. The van der Waals surface area contributed by atoms with Gasteiger partial charge in [0.05, 0.1) is 52.0 Å². The molecule has 0 fully saturated rings. The summed E-state index contributed by atoms with van der Waals surface area (Å²) in [6, 6.07) is 21.5. The standard InChI is InChI=1S/C15H15NO3.C8H9NO2.C6H6BrNO.2CH4/c1-18-14-7-6-13(16-10-14)9-11-4-3-5-12(8-11)15(17)19-2;1-11-8(10)6-3-2-4-7(9)5-6;1-9-5-2-3-6(7)8-4-5;;/h3-8,10H,9H2,1-2H3;2-5H,9H2,1H3;2-4H,1H3;2*1H4. The fraction of sp³-hybridized carbons (Fsp3) is 0.226. The molecule has 2 heterocycles. The van der Waals surface area contributed by atoms with E-state index in [-0.39, 0.29) is 26.8 Å². The summed E-state index contributed by atoms with van der Waals surface area (Å²) in [5.74, 6) is 0.812. The monoisotopic (exact) mass is 627 g/mol. The Bertz CT molecular complexity index is 1330. The van der Waals surface area contributed by atoms with Gasteiger partial charge in [-0.1, -0.05) is 33.1 Å². The number of hydrogen-bond acceptors (Lipinski definition) is 9. The average molecular weight is 629 g/mol. The number of esters is 2. The van der Waals surface area contributed by atoms with Crippen molar-refractivity contribution in [1.82, 2.24) is 9.97 Å². The molecule has 4 rings (SSSR count). The van der Waals surface area contributed by atoms with Crippen LogP contribution in [-0.4, -0.2) is 50.3 Å². The molecule has 9 nitrogen and oxygen atoms in total. The Morgan fingerprint density at radius 2 is 1.27 bits per heavy atom. The molecule has 10 heteroatoms. The fourth-order valence-electron chi connectivity index (χ4n) is 3.04. The SMILES string of the molecule is C.C.COC(=O)c1cccc(Cc2ccc(OC)cn2)c1.COC(=O)c1cccc(N)c1.COc1ccc(Br)nc1. The number of ether oxygens (including phenoxy) is 4. The van der Waals surface area contributed by atoms with Crippen molar-refractivity contribution in [1.29, 1.82) is 0 Å². The van der Waals surface area contributed by atoms with Gasteiger partial charge in [-0.05, 0) is 76.1 Å². The minimum absolute atomic E-state index is 0. The Morgan fingerprint density at radius 3 is 1.73 bits per heavy atom. The topological polar surface area (TPSA) is 123 Å². The summed E-state index contributed by atoms with van der Waals surface area (Å²) in [6.45, 7) is 0. The lowest BCUT2D eigenvalue weighted by Gasteiger charge is -2.05. The molecule has 0 amide bonds. The number of carbonyl (C=O) groups is 2. The summed E-state index contributed by atoms with van der Waals surface area (Å²) in [5, 5.41) is 0. The molecule has 4 aromatic rings. The van der Waals surface area contributed by atoms with E-state index >= 15 is 0 Å². The van der Waals surface area contributed by atoms with E-state index in [2.05, 4.69) is 30.6 Å². The quantitative estimate of drug-likeness (QED) is 0.142. The van der Waals surface area contributed by atoms with Crippen LogP contribution in [0.15, 0.2) is 89.8 Å². The second kappa shape index (κ2) is 19.6. The number of methoxy groups -OCH3 is 4. The van der Waals surface area contributed by atoms with E-state index < -0.39 is 0 Å². The van der Waals surface area contributed by atoms with E-state index in [9.17, 15) is 9.59 Å². The summed E-state index contributed by atoms with van der Waals surface area (Å²) in [5.41, 5.74) is 8.97. The molecule has 0 spiro atoms. The van der Waals surface area contributed by atoms with Gasteiger partial charge < -0.3 is 24.7 Å². The van der Waals surface area contributed by atoms with Crippen molar-refractivity contribution in [3.63, 3.8) is 0 Å². The lowest BCUT2D eigenvalue weighted by Crippen LogP contribution is -2.02.